The Morgan fingerprint density at radius 2 is 1.18 bits per heavy atom. The zero-order valence-electron chi connectivity index (χ0n) is 37.2. The van der Waals surface area contributed by atoms with Crippen molar-refractivity contribution in [2.75, 3.05) is 11.5 Å². The van der Waals surface area contributed by atoms with E-state index in [1.807, 2.05) is 89.2 Å². The Kier molecular flexibility index (Phi) is 16.0. The fourth-order valence-electron chi connectivity index (χ4n) is 5.50. The Balaban J connectivity index is 0.000000219. The van der Waals surface area contributed by atoms with E-state index in [0.29, 0.717) is 22.8 Å². The van der Waals surface area contributed by atoms with Crippen molar-refractivity contribution in [1.29, 1.82) is 0 Å². The van der Waals surface area contributed by atoms with Gasteiger partial charge in [0.25, 0.3) is 5.91 Å². The number of nitrogens with zero attached hydrogens (tertiary/aromatic N) is 5. The first kappa shape index (κ1) is 48.4. The molecule has 4 aromatic heterocycles. The van der Waals surface area contributed by atoms with Crippen LogP contribution in [0.3, 0.4) is 0 Å². The van der Waals surface area contributed by atoms with Gasteiger partial charge >= 0.3 is 12.1 Å². The number of nitrogen functional groups attached to an aromatic ring is 2. The third-order valence-corrected chi connectivity index (χ3v) is 11.7. The molecule has 0 bridgehead atoms. The molecule has 0 fully saturated rings. The summed E-state index contributed by atoms with van der Waals surface area (Å²) in [5.74, 6) is -0.443. The maximum Gasteiger partial charge on any atom is 0.407 e. The van der Waals surface area contributed by atoms with Gasteiger partial charge in [-0.25, -0.2) is 34.5 Å². The van der Waals surface area contributed by atoms with Crippen LogP contribution in [0.1, 0.15) is 114 Å². The molecule has 7 N–H and O–H groups in total. The number of thiophene rings is 1. The van der Waals surface area contributed by atoms with E-state index in [1.54, 1.807) is 24.7 Å². The second-order valence-electron chi connectivity index (χ2n) is 17.4. The van der Waals surface area contributed by atoms with E-state index in [4.69, 9.17) is 21.3 Å². The van der Waals surface area contributed by atoms with Gasteiger partial charge in [0.05, 0.1) is 22.6 Å². The first-order valence-corrected chi connectivity index (χ1v) is 21.4. The van der Waals surface area contributed by atoms with Gasteiger partial charge in [0.2, 0.25) is 11.9 Å². The molecular weight excluding hydrogens is 823 g/mol. The molecule has 0 radical (unpaired) electrons. The van der Waals surface area contributed by atoms with Gasteiger partial charge in [-0.2, -0.15) is 0 Å². The molecule has 328 valence electrons. The predicted octanol–water partition coefficient (Wildman–Crippen LogP) is 9.52. The van der Waals surface area contributed by atoms with E-state index in [9.17, 15) is 14.4 Å². The summed E-state index contributed by atoms with van der Waals surface area (Å²) in [5.41, 5.74) is 18.4. The second-order valence-corrected chi connectivity index (χ2v) is 19.5. The molecule has 0 aliphatic carbocycles. The van der Waals surface area contributed by atoms with Crippen LogP contribution in [0.4, 0.5) is 16.7 Å². The number of nitrogens with two attached hydrogens (primary N) is 2. The van der Waals surface area contributed by atoms with E-state index in [0.717, 1.165) is 54.7 Å². The summed E-state index contributed by atoms with van der Waals surface area (Å²) < 4.78 is 5.22. The number of alkyl carbamates (subject to hydrolysis) is 1. The average molecular weight is 880 g/mol. The highest BCUT2D eigenvalue weighted by molar-refractivity contribution is 7.14. The lowest BCUT2D eigenvalue weighted by atomic mass is 9.95. The molecule has 6 rings (SSSR count). The second kappa shape index (κ2) is 20.5. The summed E-state index contributed by atoms with van der Waals surface area (Å²) in [5, 5.41) is 15.4. The summed E-state index contributed by atoms with van der Waals surface area (Å²) in [6.45, 7) is 22.9. The van der Waals surface area contributed by atoms with Crippen LogP contribution in [-0.4, -0.2) is 53.6 Å². The number of ether oxygens (including phenoxy) is 1. The lowest BCUT2D eigenvalue weighted by Crippen LogP contribution is -2.32. The van der Waals surface area contributed by atoms with Crippen molar-refractivity contribution in [3.8, 4) is 22.5 Å². The maximum absolute atomic E-state index is 12.4. The number of amides is 2. The minimum absolute atomic E-state index is 0.0539. The van der Waals surface area contributed by atoms with Crippen LogP contribution in [0, 0.1) is 13.8 Å². The molecule has 6 aromatic rings. The minimum Gasteiger partial charge on any atom is -0.477 e. The third-order valence-electron chi connectivity index (χ3n) is 8.81. The van der Waals surface area contributed by atoms with E-state index in [-0.39, 0.29) is 28.6 Å². The molecule has 2 amide bonds. The van der Waals surface area contributed by atoms with Gasteiger partial charge < -0.3 is 31.9 Å². The Morgan fingerprint density at radius 3 is 1.56 bits per heavy atom. The molecule has 0 unspecified atom stereocenters. The van der Waals surface area contributed by atoms with E-state index >= 15 is 0 Å². The van der Waals surface area contributed by atoms with Crippen LogP contribution in [0.2, 0.25) is 0 Å². The Hall–Kier alpha value is -6.26. The lowest BCUT2D eigenvalue weighted by molar-refractivity contribution is 0.0522. The quantitative estimate of drug-likeness (QED) is 0.0965. The fourth-order valence-corrected chi connectivity index (χ4v) is 7.29. The van der Waals surface area contributed by atoms with E-state index in [2.05, 4.69) is 77.1 Å². The van der Waals surface area contributed by atoms with Gasteiger partial charge in [0.1, 0.15) is 15.4 Å². The van der Waals surface area contributed by atoms with Gasteiger partial charge in [-0.1, -0.05) is 65.8 Å². The number of aromatic carboxylic acids is 1. The molecule has 16 heteroatoms. The zero-order valence-corrected chi connectivity index (χ0v) is 38.8. The number of carbonyl (C=O) groups excluding carboxylic acids is 2. The topological polar surface area (TPSA) is 221 Å². The SMILES string of the molecule is CC(C)(C)c1ccc(C(=O)O)s1.Cc1cc(-c2ccnc(N)n2)ccc1CNC(=O)OC(C)(C)C.Cc1cc(-c2ccnc(N)n2)ccc1CNC(=O)c1cnc(C(C)(C)C)s1. The maximum atomic E-state index is 12.4. The lowest BCUT2D eigenvalue weighted by Gasteiger charge is -2.20. The number of nitrogens with one attached hydrogen (secondary N) is 2. The number of thiazole rings is 1. The van der Waals surface area contributed by atoms with E-state index in [1.165, 1.54) is 22.7 Å². The Bertz CT molecular complexity index is 2500. The molecule has 2 aromatic carbocycles. The van der Waals surface area contributed by atoms with Crippen molar-refractivity contribution >= 4 is 52.5 Å². The number of carboxylic acids is 1. The molecule has 0 atom stereocenters. The van der Waals surface area contributed by atoms with Crippen LogP contribution >= 0.6 is 22.7 Å². The third kappa shape index (κ3) is 14.7. The van der Waals surface area contributed by atoms with Crippen molar-refractivity contribution in [2.24, 2.45) is 0 Å². The number of rotatable bonds is 8. The van der Waals surface area contributed by atoms with Crippen LogP contribution in [0.25, 0.3) is 22.5 Å². The molecule has 0 saturated carbocycles. The fraction of sp³-hybridized carbons (Fsp3) is 0.348. The smallest absolute Gasteiger partial charge is 0.407 e. The predicted molar refractivity (Wildman–Crippen MR) is 248 cm³/mol. The number of carboxylic acid groups (broad SMARTS) is 1. The highest BCUT2D eigenvalue weighted by Crippen LogP contribution is 2.30. The Morgan fingerprint density at radius 1 is 0.661 bits per heavy atom. The first-order valence-electron chi connectivity index (χ1n) is 19.8. The van der Waals surface area contributed by atoms with Crippen LogP contribution < -0.4 is 22.1 Å². The minimum atomic E-state index is -0.838. The zero-order chi connectivity index (χ0) is 46.0. The van der Waals surface area contributed by atoms with Crippen molar-refractivity contribution < 1.29 is 24.2 Å². The summed E-state index contributed by atoms with van der Waals surface area (Å²) in [6.07, 6.45) is 4.49. The van der Waals surface area contributed by atoms with Crippen LogP contribution in [0.15, 0.2) is 79.3 Å². The number of hydrogen-bond acceptors (Lipinski definition) is 13. The summed E-state index contributed by atoms with van der Waals surface area (Å²) in [7, 11) is 0. The van der Waals surface area contributed by atoms with Gasteiger partial charge in [-0.15, -0.1) is 22.7 Å². The normalized spacial score (nSPS) is 11.3. The van der Waals surface area contributed by atoms with Crippen molar-refractivity contribution in [2.45, 2.75) is 106 Å². The number of aryl methyl sites for hydroxylation is 2. The van der Waals surface area contributed by atoms with Crippen molar-refractivity contribution in [1.82, 2.24) is 35.6 Å². The summed E-state index contributed by atoms with van der Waals surface area (Å²) in [6, 6.07) is 19.1. The number of carbonyl (C=O) groups is 3. The monoisotopic (exact) mass is 879 g/mol. The van der Waals surface area contributed by atoms with Crippen LogP contribution in [-0.2, 0) is 28.7 Å². The molecule has 4 heterocycles. The number of hydrogen-bond donors (Lipinski definition) is 5. The first-order chi connectivity index (χ1) is 28.9. The average Bonchev–Trinajstić information content (AvgIpc) is 3.89. The highest BCUT2D eigenvalue weighted by Gasteiger charge is 2.21. The van der Waals surface area contributed by atoms with Gasteiger partial charge in [0, 0.05) is 46.9 Å². The van der Waals surface area contributed by atoms with Crippen molar-refractivity contribution in [3.63, 3.8) is 0 Å². The molecule has 14 nitrogen and oxygen atoms in total. The standard InChI is InChI=1S/C20H23N5OS.C17H22N4O2.C9H12O2S/c1-12-9-13(15-7-8-22-19(21)25-15)5-6-14(12)10-23-17(26)16-11-24-18(27-16)20(2,3)4;1-11-9-12(14-7-8-19-15(18)21-14)5-6-13(11)10-20-16(22)23-17(2,3)4;1-9(2,3)7-5-4-6(12-7)8(10)11/h5-9,11H,10H2,1-4H3,(H,23,26)(H2,21,22,25);5-9H,10H2,1-4H3,(H,20,22)(H2,18,19,21);4-5H,1-3H3,(H,10,11). The van der Waals surface area contributed by atoms with Gasteiger partial charge in [-0.3, -0.25) is 4.79 Å². The summed E-state index contributed by atoms with van der Waals surface area (Å²) >= 11 is 2.79. The van der Waals surface area contributed by atoms with E-state index < -0.39 is 17.7 Å². The molecule has 62 heavy (non-hydrogen) atoms. The highest BCUT2D eigenvalue weighted by atomic mass is 32.1. The number of aromatic nitrogens is 5. The largest absolute Gasteiger partial charge is 0.477 e. The molecule has 0 spiro atoms. The molecule has 0 aliphatic rings. The molecule has 0 aliphatic heterocycles. The number of benzene rings is 2. The van der Waals surface area contributed by atoms with Crippen molar-refractivity contribution in [3.05, 3.63) is 121 Å². The van der Waals surface area contributed by atoms with Gasteiger partial charge in [0.15, 0.2) is 0 Å². The molecule has 0 saturated heterocycles. The van der Waals surface area contributed by atoms with Gasteiger partial charge in [-0.05, 0) is 98.7 Å². The number of anilines is 2. The Labute approximate surface area is 371 Å². The van der Waals surface area contributed by atoms with Crippen LogP contribution in [0.5, 0.6) is 0 Å². The summed E-state index contributed by atoms with van der Waals surface area (Å²) in [4.78, 5) is 57.5. The molecular formula is C46H57N9O5S2.